The molecule has 0 saturated carbocycles. The number of methoxy groups -OCH3 is 2. The number of aromatic nitrogens is 4. The van der Waals surface area contributed by atoms with E-state index in [1.165, 1.54) is 0 Å². The van der Waals surface area contributed by atoms with Crippen molar-refractivity contribution in [2.45, 2.75) is 0 Å². The molecule has 9 heteroatoms. The predicted octanol–water partition coefficient (Wildman–Crippen LogP) is 2.15. The number of aromatic amines is 1. The van der Waals surface area contributed by atoms with Crippen LogP contribution < -0.4 is 14.8 Å². The topological polar surface area (TPSA) is 111 Å². The molecule has 0 bridgehead atoms. The van der Waals surface area contributed by atoms with Crippen LogP contribution >= 0.6 is 0 Å². The number of ether oxygens (including phenoxy) is 3. The number of pyridine rings is 1. The summed E-state index contributed by atoms with van der Waals surface area (Å²) in [6, 6.07) is 10.6. The number of amides is 1. The minimum Gasteiger partial charge on any atom is -0.496 e. The highest BCUT2D eigenvalue weighted by atomic mass is 16.5. The number of rotatable bonds is 8. The van der Waals surface area contributed by atoms with E-state index in [0.29, 0.717) is 18.2 Å². The first-order chi connectivity index (χ1) is 13.2. The van der Waals surface area contributed by atoms with Gasteiger partial charge in [-0.1, -0.05) is 12.1 Å². The SMILES string of the molecule is COCCOc1ncccc1C(=O)Nc1n[nH]c(-c2ccccc2OC)n1. The van der Waals surface area contributed by atoms with Gasteiger partial charge >= 0.3 is 0 Å². The molecule has 2 heterocycles. The van der Waals surface area contributed by atoms with E-state index >= 15 is 0 Å². The fraction of sp³-hybridized carbons (Fsp3) is 0.222. The number of anilines is 1. The fourth-order valence-corrected chi connectivity index (χ4v) is 2.35. The number of hydrogen-bond acceptors (Lipinski definition) is 7. The maximum absolute atomic E-state index is 12.6. The van der Waals surface area contributed by atoms with Gasteiger partial charge in [-0.3, -0.25) is 15.2 Å². The Labute approximate surface area is 155 Å². The summed E-state index contributed by atoms with van der Waals surface area (Å²) in [5.41, 5.74) is 1.01. The monoisotopic (exact) mass is 369 g/mol. The molecule has 1 amide bonds. The Morgan fingerprint density at radius 2 is 2.00 bits per heavy atom. The standard InChI is InChI=1S/C18H19N5O4/c1-25-10-11-27-17-13(7-5-9-19-17)16(24)21-18-20-15(22-23-18)12-6-3-4-8-14(12)26-2/h3-9H,10-11H2,1-2H3,(H2,20,21,22,23,24). The molecule has 0 saturated heterocycles. The van der Waals surface area contributed by atoms with Crippen molar-refractivity contribution in [2.24, 2.45) is 0 Å². The molecule has 3 aromatic rings. The summed E-state index contributed by atoms with van der Waals surface area (Å²) in [6.45, 7) is 0.674. The zero-order valence-corrected chi connectivity index (χ0v) is 14.9. The molecule has 0 unspecified atom stereocenters. The van der Waals surface area contributed by atoms with Gasteiger partial charge in [-0.15, -0.1) is 5.10 Å². The molecule has 0 aliphatic heterocycles. The number of benzene rings is 1. The second kappa shape index (κ2) is 8.77. The zero-order chi connectivity index (χ0) is 19.1. The first kappa shape index (κ1) is 18.3. The van der Waals surface area contributed by atoms with Gasteiger partial charge in [0.2, 0.25) is 11.8 Å². The van der Waals surface area contributed by atoms with Crippen molar-refractivity contribution >= 4 is 11.9 Å². The van der Waals surface area contributed by atoms with E-state index < -0.39 is 5.91 Å². The van der Waals surface area contributed by atoms with E-state index in [4.69, 9.17) is 14.2 Å². The average Bonchev–Trinajstić information content (AvgIpc) is 3.16. The van der Waals surface area contributed by atoms with Gasteiger partial charge in [0.1, 0.15) is 17.9 Å². The second-order valence-electron chi connectivity index (χ2n) is 5.36. The van der Waals surface area contributed by atoms with Crippen molar-refractivity contribution in [3.63, 3.8) is 0 Å². The number of hydrogen-bond donors (Lipinski definition) is 2. The largest absolute Gasteiger partial charge is 0.496 e. The minimum atomic E-state index is -0.430. The van der Waals surface area contributed by atoms with E-state index in [-0.39, 0.29) is 24.0 Å². The maximum atomic E-state index is 12.6. The van der Waals surface area contributed by atoms with Crippen LogP contribution in [0, 0.1) is 0 Å². The summed E-state index contributed by atoms with van der Waals surface area (Å²) in [7, 11) is 3.14. The lowest BCUT2D eigenvalue weighted by molar-refractivity contribution is 0.101. The second-order valence-corrected chi connectivity index (χ2v) is 5.36. The maximum Gasteiger partial charge on any atom is 0.263 e. The Morgan fingerprint density at radius 1 is 1.15 bits per heavy atom. The molecule has 0 aliphatic carbocycles. The Balaban J connectivity index is 1.75. The molecule has 2 N–H and O–H groups in total. The highest BCUT2D eigenvalue weighted by Gasteiger charge is 2.17. The van der Waals surface area contributed by atoms with Crippen LogP contribution in [0.25, 0.3) is 11.4 Å². The lowest BCUT2D eigenvalue weighted by Gasteiger charge is -2.08. The molecule has 0 aliphatic rings. The summed E-state index contributed by atoms with van der Waals surface area (Å²) in [6.07, 6.45) is 1.55. The molecule has 0 atom stereocenters. The van der Waals surface area contributed by atoms with Crippen molar-refractivity contribution in [1.29, 1.82) is 0 Å². The molecule has 2 aromatic heterocycles. The van der Waals surface area contributed by atoms with E-state index in [9.17, 15) is 4.79 Å². The van der Waals surface area contributed by atoms with Gasteiger partial charge in [0, 0.05) is 13.3 Å². The van der Waals surface area contributed by atoms with Gasteiger partial charge in [0.25, 0.3) is 5.91 Å². The number of para-hydroxylation sites is 1. The third kappa shape index (κ3) is 4.39. The van der Waals surface area contributed by atoms with E-state index in [1.54, 1.807) is 32.5 Å². The third-order valence-corrected chi connectivity index (χ3v) is 3.61. The van der Waals surface area contributed by atoms with Gasteiger partial charge in [-0.2, -0.15) is 4.98 Å². The van der Waals surface area contributed by atoms with Crippen molar-refractivity contribution in [2.75, 3.05) is 32.8 Å². The Morgan fingerprint density at radius 3 is 2.81 bits per heavy atom. The summed E-state index contributed by atoms with van der Waals surface area (Å²) < 4.78 is 15.7. The van der Waals surface area contributed by atoms with Crippen LogP contribution in [-0.4, -0.2) is 53.5 Å². The molecular formula is C18H19N5O4. The summed E-state index contributed by atoms with van der Waals surface area (Å²) in [5, 5.41) is 9.46. The van der Waals surface area contributed by atoms with E-state index in [1.807, 2.05) is 24.3 Å². The quantitative estimate of drug-likeness (QED) is 0.585. The van der Waals surface area contributed by atoms with E-state index in [2.05, 4.69) is 25.5 Å². The first-order valence-electron chi connectivity index (χ1n) is 8.17. The molecule has 3 rings (SSSR count). The van der Waals surface area contributed by atoms with Gasteiger partial charge in [-0.05, 0) is 24.3 Å². The van der Waals surface area contributed by atoms with Gasteiger partial charge in [-0.25, -0.2) is 4.98 Å². The van der Waals surface area contributed by atoms with Gasteiger partial charge in [0.05, 0.1) is 19.3 Å². The zero-order valence-electron chi connectivity index (χ0n) is 14.9. The molecular weight excluding hydrogens is 350 g/mol. The normalized spacial score (nSPS) is 10.4. The Hall–Kier alpha value is -3.46. The van der Waals surface area contributed by atoms with Crippen LogP contribution in [0.2, 0.25) is 0 Å². The molecule has 0 fully saturated rings. The number of carbonyl (C=O) groups is 1. The fourth-order valence-electron chi connectivity index (χ4n) is 2.35. The van der Waals surface area contributed by atoms with Crippen molar-refractivity contribution < 1.29 is 19.0 Å². The smallest absolute Gasteiger partial charge is 0.263 e. The van der Waals surface area contributed by atoms with Crippen LogP contribution in [-0.2, 0) is 4.74 Å². The Bertz CT molecular complexity index is 912. The van der Waals surface area contributed by atoms with Crippen molar-refractivity contribution in [3.05, 3.63) is 48.2 Å². The van der Waals surface area contributed by atoms with Crippen LogP contribution in [0.4, 0.5) is 5.95 Å². The third-order valence-electron chi connectivity index (χ3n) is 3.61. The van der Waals surface area contributed by atoms with Crippen molar-refractivity contribution in [1.82, 2.24) is 20.2 Å². The van der Waals surface area contributed by atoms with Crippen LogP contribution in [0.15, 0.2) is 42.6 Å². The van der Waals surface area contributed by atoms with Crippen LogP contribution in [0.1, 0.15) is 10.4 Å². The first-order valence-corrected chi connectivity index (χ1v) is 8.17. The highest BCUT2D eigenvalue weighted by molar-refractivity contribution is 6.05. The molecule has 0 spiro atoms. The lowest BCUT2D eigenvalue weighted by Crippen LogP contribution is -2.16. The van der Waals surface area contributed by atoms with Crippen LogP contribution in [0.5, 0.6) is 11.6 Å². The minimum absolute atomic E-state index is 0.132. The highest BCUT2D eigenvalue weighted by Crippen LogP contribution is 2.27. The predicted molar refractivity (Wildman–Crippen MR) is 97.9 cm³/mol. The number of H-pyrrole nitrogens is 1. The van der Waals surface area contributed by atoms with E-state index in [0.717, 1.165) is 5.56 Å². The van der Waals surface area contributed by atoms with Crippen LogP contribution in [0.3, 0.4) is 0 Å². The molecule has 27 heavy (non-hydrogen) atoms. The average molecular weight is 369 g/mol. The summed E-state index contributed by atoms with van der Waals surface area (Å²) >= 11 is 0. The number of nitrogens with one attached hydrogen (secondary N) is 2. The number of carbonyl (C=O) groups excluding carboxylic acids is 1. The molecule has 0 radical (unpaired) electrons. The lowest BCUT2D eigenvalue weighted by atomic mass is 10.2. The van der Waals surface area contributed by atoms with Crippen molar-refractivity contribution in [3.8, 4) is 23.0 Å². The summed E-state index contributed by atoms with van der Waals surface area (Å²) in [4.78, 5) is 20.9. The molecule has 9 nitrogen and oxygen atoms in total. The molecule has 140 valence electrons. The number of nitrogens with zero attached hydrogens (tertiary/aromatic N) is 3. The summed E-state index contributed by atoms with van der Waals surface area (Å²) in [5.74, 6) is 1.04. The van der Waals surface area contributed by atoms with Gasteiger partial charge < -0.3 is 14.2 Å². The molecule has 1 aromatic carbocycles. The Kier molecular flexibility index (Phi) is 5.95. The van der Waals surface area contributed by atoms with Gasteiger partial charge in [0.15, 0.2) is 5.82 Å².